The van der Waals surface area contributed by atoms with Crippen LogP contribution >= 0.6 is 0 Å². The van der Waals surface area contributed by atoms with Gasteiger partial charge in [0.1, 0.15) is 10.6 Å². The molecular formula is C21H35N5O4S. The third-order valence-electron chi connectivity index (χ3n) is 6.60. The number of likely N-dealkylation sites (tertiary alicyclic amines) is 1. The molecule has 3 heterocycles. The molecule has 0 spiro atoms. The van der Waals surface area contributed by atoms with Gasteiger partial charge in [0.25, 0.3) is 5.91 Å². The fourth-order valence-corrected chi connectivity index (χ4v) is 6.03. The standard InChI is InChI=1S/C21H35N5O4S/c1-21(2,25-9-5-4-6-10-25)15-23-20(28)16-7-11-26(12-8-16)31(29,30)17-13-18(19(22)27)24(3)14-17/h13-14,16H,4-12,15H2,1-3H3,(H2,22,27)(H,23,28). The predicted molar refractivity (Wildman–Crippen MR) is 118 cm³/mol. The van der Waals surface area contributed by atoms with E-state index in [2.05, 4.69) is 24.1 Å². The van der Waals surface area contributed by atoms with Crippen molar-refractivity contribution in [1.29, 1.82) is 0 Å². The highest BCUT2D eigenvalue weighted by Gasteiger charge is 2.34. The molecule has 2 aliphatic rings. The SMILES string of the molecule is Cn1cc(S(=O)(=O)N2CCC(C(=O)NCC(C)(C)N3CCCCC3)CC2)cc1C(N)=O. The van der Waals surface area contributed by atoms with Gasteiger partial charge in [0, 0.05) is 44.3 Å². The second kappa shape index (κ2) is 9.30. The number of sulfonamides is 1. The highest BCUT2D eigenvalue weighted by Crippen LogP contribution is 2.26. The van der Waals surface area contributed by atoms with Gasteiger partial charge in [-0.15, -0.1) is 0 Å². The monoisotopic (exact) mass is 453 g/mol. The van der Waals surface area contributed by atoms with Crippen molar-refractivity contribution in [3.63, 3.8) is 0 Å². The third-order valence-corrected chi connectivity index (χ3v) is 8.47. The van der Waals surface area contributed by atoms with Crippen molar-refractivity contribution in [2.45, 2.75) is 56.4 Å². The number of nitrogens with one attached hydrogen (secondary N) is 1. The van der Waals surface area contributed by atoms with Crippen molar-refractivity contribution in [3.05, 3.63) is 18.0 Å². The molecule has 3 N–H and O–H groups in total. The molecule has 9 nitrogen and oxygen atoms in total. The Morgan fingerprint density at radius 1 is 1.13 bits per heavy atom. The smallest absolute Gasteiger partial charge is 0.265 e. The summed E-state index contributed by atoms with van der Waals surface area (Å²) in [6.45, 7) is 7.59. The molecule has 0 unspecified atom stereocenters. The van der Waals surface area contributed by atoms with Crippen LogP contribution in [0, 0.1) is 5.92 Å². The highest BCUT2D eigenvalue weighted by atomic mass is 32.2. The summed E-state index contributed by atoms with van der Waals surface area (Å²) in [4.78, 5) is 26.6. The van der Waals surface area contributed by atoms with Gasteiger partial charge in [-0.05, 0) is 58.7 Å². The summed E-state index contributed by atoms with van der Waals surface area (Å²) in [5.41, 5.74) is 5.34. The summed E-state index contributed by atoms with van der Waals surface area (Å²) >= 11 is 0. The van der Waals surface area contributed by atoms with Crippen LogP contribution in [0.25, 0.3) is 0 Å². The zero-order chi connectivity index (χ0) is 22.8. The maximum Gasteiger partial charge on any atom is 0.265 e. The predicted octanol–water partition coefficient (Wildman–Crippen LogP) is 0.905. The zero-order valence-corrected chi connectivity index (χ0v) is 19.6. The molecule has 0 aliphatic carbocycles. The van der Waals surface area contributed by atoms with Crippen molar-refractivity contribution in [2.24, 2.45) is 18.7 Å². The molecule has 31 heavy (non-hydrogen) atoms. The lowest BCUT2D eigenvalue weighted by Gasteiger charge is -2.41. The Kier molecular flexibility index (Phi) is 7.12. The molecular weight excluding hydrogens is 418 g/mol. The Bertz CT molecular complexity index is 910. The first-order valence-electron chi connectivity index (χ1n) is 11.0. The molecule has 2 amide bonds. The average Bonchev–Trinajstić information content (AvgIpc) is 3.15. The lowest BCUT2D eigenvalue weighted by Crippen LogP contribution is -2.54. The van der Waals surface area contributed by atoms with E-state index < -0.39 is 15.9 Å². The third kappa shape index (κ3) is 5.30. The Hall–Kier alpha value is -1.91. The number of hydrogen-bond acceptors (Lipinski definition) is 5. The topological polar surface area (TPSA) is 118 Å². The van der Waals surface area contributed by atoms with Gasteiger partial charge in [-0.1, -0.05) is 6.42 Å². The minimum Gasteiger partial charge on any atom is -0.364 e. The molecule has 0 saturated carbocycles. The molecule has 2 aliphatic heterocycles. The summed E-state index contributed by atoms with van der Waals surface area (Å²) in [5.74, 6) is -0.870. The Morgan fingerprint density at radius 2 is 1.74 bits per heavy atom. The number of carbonyl (C=O) groups excluding carboxylic acids is 2. The van der Waals surface area contributed by atoms with Gasteiger partial charge in [-0.2, -0.15) is 4.31 Å². The summed E-state index contributed by atoms with van der Waals surface area (Å²) in [6, 6.07) is 1.30. The number of primary amides is 1. The minimum atomic E-state index is -3.73. The van der Waals surface area contributed by atoms with Crippen molar-refractivity contribution in [3.8, 4) is 0 Å². The number of carbonyl (C=O) groups is 2. The van der Waals surface area contributed by atoms with Crippen molar-refractivity contribution < 1.29 is 18.0 Å². The molecule has 1 aromatic rings. The fourth-order valence-electron chi connectivity index (χ4n) is 4.49. The molecule has 2 saturated heterocycles. The van der Waals surface area contributed by atoms with Gasteiger partial charge < -0.3 is 15.6 Å². The molecule has 0 aromatic carbocycles. The molecule has 1 aromatic heterocycles. The number of hydrogen-bond donors (Lipinski definition) is 2. The van der Waals surface area contributed by atoms with Crippen LogP contribution in [0.15, 0.2) is 17.2 Å². The number of piperidine rings is 2. The highest BCUT2D eigenvalue weighted by molar-refractivity contribution is 7.89. The lowest BCUT2D eigenvalue weighted by atomic mass is 9.95. The van der Waals surface area contributed by atoms with E-state index in [4.69, 9.17) is 5.73 Å². The maximum absolute atomic E-state index is 12.9. The minimum absolute atomic E-state index is 0.00198. The molecule has 0 bridgehead atoms. The van der Waals surface area contributed by atoms with E-state index in [-0.39, 0.29) is 41.0 Å². The van der Waals surface area contributed by atoms with E-state index in [1.54, 1.807) is 7.05 Å². The van der Waals surface area contributed by atoms with Crippen LogP contribution in [0.4, 0.5) is 0 Å². The molecule has 2 fully saturated rings. The molecule has 0 atom stereocenters. The average molecular weight is 454 g/mol. The van der Waals surface area contributed by atoms with Crippen molar-refractivity contribution in [1.82, 2.24) is 19.1 Å². The first-order valence-corrected chi connectivity index (χ1v) is 12.5. The number of aryl methyl sites for hydroxylation is 1. The van der Waals surface area contributed by atoms with E-state index >= 15 is 0 Å². The first-order chi connectivity index (χ1) is 14.5. The Balaban J connectivity index is 1.54. The zero-order valence-electron chi connectivity index (χ0n) is 18.8. The second-order valence-electron chi connectivity index (χ2n) is 9.29. The van der Waals surface area contributed by atoms with Crippen LogP contribution in [-0.2, 0) is 21.9 Å². The Morgan fingerprint density at radius 3 is 2.29 bits per heavy atom. The van der Waals surface area contributed by atoms with E-state index in [1.807, 2.05) is 0 Å². The van der Waals surface area contributed by atoms with Crippen LogP contribution in [0.2, 0.25) is 0 Å². The maximum atomic E-state index is 12.9. The van der Waals surface area contributed by atoms with Crippen LogP contribution in [0.5, 0.6) is 0 Å². The molecule has 3 rings (SSSR count). The summed E-state index contributed by atoms with van der Waals surface area (Å²) in [5, 5.41) is 3.10. The quantitative estimate of drug-likeness (QED) is 0.636. The summed E-state index contributed by atoms with van der Waals surface area (Å²) in [7, 11) is -2.15. The van der Waals surface area contributed by atoms with Crippen LogP contribution < -0.4 is 11.1 Å². The van der Waals surface area contributed by atoms with E-state index in [0.717, 1.165) is 13.1 Å². The van der Waals surface area contributed by atoms with Gasteiger partial charge in [-0.25, -0.2) is 8.42 Å². The summed E-state index contributed by atoms with van der Waals surface area (Å²) < 4.78 is 28.7. The van der Waals surface area contributed by atoms with Gasteiger partial charge in [0.2, 0.25) is 15.9 Å². The number of aromatic nitrogens is 1. The van der Waals surface area contributed by atoms with E-state index in [0.29, 0.717) is 19.4 Å². The largest absolute Gasteiger partial charge is 0.364 e. The van der Waals surface area contributed by atoms with Crippen molar-refractivity contribution >= 4 is 21.8 Å². The Labute approximate surface area is 185 Å². The number of rotatable bonds is 7. The fraction of sp³-hybridized carbons (Fsp3) is 0.714. The van der Waals surface area contributed by atoms with E-state index in [1.165, 1.54) is 40.4 Å². The number of amides is 2. The number of nitrogens with two attached hydrogens (primary N) is 1. The summed E-state index contributed by atoms with van der Waals surface area (Å²) in [6.07, 6.45) is 6.03. The van der Waals surface area contributed by atoms with Crippen LogP contribution in [0.3, 0.4) is 0 Å². The lowest BCUT2D eigenvalue weighted by molar-refractivity contribution is -0.126. The second-order valence-corrected chi connectivity index (χ2v) is 11.2. The molecule has 0 radical (unpaired) electrons. The normalized spacial score (nSPS) is 20.0. The van der Waals surface area contributed by atoms with Crippen LogP contribution in [-0.4, -0.2) is 72.3 Å². The van der Waals surface area contributed by atoms with E-state index in [9.17, 15) is 18.0 Å². The van der Waals surface area contributed by atoms with Gasteiger partial charge in [-0.3, -0.25) is 14.5 Å². The first kappa shape index (κ1) is 23.7. The molecule has 10 heteroatoms. The molecule has 174 valence electrons. The van der Waals surface area contributed by atoms with Gasteiger partial charge in [0.05, 0.1) is 0 Å². The van der Waals surface area contributed by atoms with Gasteiger partial charge >= 0.3 is 0 Å². The van der Waals surface area contributed by atoms with Crippen molar-refractivity contribution in [2.75, 3.05) is 32.7 Å². The van der Waals surface area contributed by atoms with Gasteiger partial charge in [0.15, 0.2) is 0 Å². The number of nitrogens with zero attached hydrogens (tertiary/aromatic N) is 3. The van der Waals surface area contributed by atoms with Crippen LogP contribution in [0.1, 0.15) is 56.4 Å².